The summed E-state index contributed by atoms with van der Waals surface area (Å²) in [5.41, 5.74) is 9.31. The van der Waals surface area contributed by atoms with Crippen LogP contribution in [0.15, 0.2) is 48.5 Å². The number of hydrogen-bond donors (Lipinski definition) is 2. The van der Waals surface area contributed by atoms with Crippen LogP contribution in [0.2, 0.25) is 0 Å². The van der Waals surface area contributed by atoms with E-state index in [2.05, 4.69) is 34.5 Å². The summed E-state index contributed by atoms with van der Waals surface area (Å²) in [5, 5.41) is 3.43. The fraction of sp³-hybridized carbons (Fsp3) is 0.350. The third-order valence-electron chi connectivity index (χ3n) is 4.78. The highest BCUT2D eigenvalue weighted by molar-refractivity contribution is 5.94. The number of hydrogen-bond acceptors (Lipinski definition) is 3. The van der Waals surface area contributed by atoms with E-state index in [1.807, 2.05) is 25.2 Å². The molecule has 3 N–H and O–H groups in total. The number of likely N-dealkylation sites (tertiary alicyclic amines) is 1. The standard InChI is InChI=1S/C20H25N3O/c1-22-19(14-23-11-2-3-12-23)16-9-7-15(8-10-16)17-5-4-6-18(13-17)20(21)24/h4-10,13,19,22H,2-3,11-12,14H2,1H3,(H2,21,24). The number of rotatable bonds is 6. The second-order valence-corrected chi connectivity index (χ2v) is 6.42. The zero-order valence-corrected chi connectivity index (χ0v) is 14.2. The van der Waals surface area contributed by atoms with Crippen molar-refractivity contribution < 1.29 is 4.79 Å². The number of primary amides is 1. The van der Waals surface area contributed by atoms with Crippen LogP contribution in [0.5, 0.6) is 0 Å². The maximum atomic E-state index is 11.3. The SMILES string of the molecule is CNC(CN1CCCC1)c1ccc(-c2cccc(C(N)=O)c2)cc1. The number of benzene rings is 2. The van der Waals surface area contributed by atoms with Gasteiger partial charge in [-0.25, -0.2) is 0 Å². The van der Waals surface area contributed by atoms with Gasteiger partial charge in [-0.2, -0.15) is 0 Å². The first-order valence-corrected chi connectivity index (χ1v) is 8.57. The van der Waals surface area contributed by atoms with E-state index in [1.165, 1.54) is 31.5 Å². The van der Waals surface area contributed by atoms with E-state index in [0.29, 0.717) is 11.6 Å². The highest BCUT2D eigenvalue weighted by Gasteiger charge is 2.17. The molecule has 2 aromatic rings. The number of nitrogens with one attached hydrogen (secondary N) is 1. The lowest BCUT2D eigenvalue weighted by Crippen LogP contribution is -2.31. The largest absolute Gasteiger partial charge is 0.366 e. The van der Waals surface area contributed by atoms with E-state index >= 15 is 0 Å². The minimum absolute atomic E-state index is 0.342. The van der Waals surface area contributed by atoms with Crippen LogP contribution in [0.4, 0.5) is 0 Å². The molecule has 24 heavy (non-hydrogen) atoms. The summed E-state index contributed by atoms with van der Waals surface area (Å²) in [7, 11) is 2.02. The Morgan fingerprint density at radius 3 is 2.46 bits per heavy atom. The van der Waals surface area contributed by atoms with Crippen molar-refractivity contribution >= 4 is 5.91 Å². The van der Waals surface area contributed by atoms with Gasteiger partial charge in [0.2, 0.25) is 5.91 Å². The number of nitrogens with zero attached hydrogens (tertiary/aromatic N) is 1. The normalized spacial score (nSPS) is 16.2. The Morgan fingerprint density at radius 2 is 1.83 bits per heavy atom. The van der Waals surface area contributed by atoms with Crippen molar-refractivity contribution in [3.63, 3.8) is 0 Å². The molecule has 0 spiro atoms. The predicted molar refractivity (Wildman–Crippen MR) is 97.9 cm³/mol. The maximum Gasteiger partial charge on any atom is 0.248 e. The smallest absolute Gasteiger partial charge is 0.248 e. The molecule has 0 aromatic heterocycles. The van der Waals surface area contributed by atoms with E-state index in [1.54, 1.807) is 6.07 Å². The second-order valence-electron chi connectivity index (χ2n) is 6.42. The first-order valence-electron chi connectivity index (χ1n) is 8.57. The Morgan fingerprint density at radius 1 is 1.12 bits per heavy atom. The van der Waals surface area contributed by atoms with Gasteiger partial charge in [-0.15, -0.1) is 0 Å². The van der Waals surface area contributed by atoms with Gasteiger partial charge in [0.25, 0.3) is 0 Å². The minimum atomic E-state index is -0.394. The van der Waals surface area contributed by atoms with Gasteiger partial charge in [-0.1, -0.05) is 36.4 Å². The Balaban J connectivity index is 1.76. The van der Waals surface area contributed by atoms with Gasteiger partial charge in [0, 0.05) is 18.2 Å². The average Bonchev–Trinajstić information content (AvgIpc) is 3.13. The van der Waals surface area contributed by atoms with E-state index in [-0.39, 0.29) is 0 Å². The van der Waals surface area contributed by atoms with Gasteiger partial charge in [0.05, 0.1) is 0 Å². The van der Waals surface area contributed by atoms with Gasteiger partial charge in [-0.05, 0) is 61.8 Å². The van der Waals surface area contributed by atoms with Crippen LogP contribution in [0.3, 0.4) is 0 Å². The monoisotopic (exact) mass is 323 g/mol. The van der Waals surface area contributed by atoms with Crippen LogP contribution in [0.1, 0.15) is 34.8 Å². The van der Waals surface area contributed by atoms with Gasteiger partial charge >= 0.3 is 0 Å². The van der Waals surface area contributed by atoms with Crippen molar-refractivity contribution in [2.75, 3.05) is 26.7 Å². The van der Waals surface area contributed by atoms with Crippen LogP contribution < -0.4 is 11.1 Å². The predicted octanol–water partition coefficient (Wildman–Crippen LogP) is 2.81. The summed E-state index contributed by atoms with van der Waals surface area (Å²) >= 11 is 0. The average molecular weight is 323 g/mol. The second kappa shape index (κ2) is 7.60. The Labute approximate surface area is 143 Å². The molecule has 1 aliphatic heterocycles. The Kier molecular flexibility index (Phi) is 5.28. The number of likely N-dealkylation sites (N-methyl/N-ethyl adjacent to an activating group) is 1. The van der Waals surface area contributed by atoms with Crippen molar-refractivity contribution in [3.05, 3.63) is 59.7 Å². The summed E-state index contributed by atoms with van der Waals surface area (Å²) in [4.78, 5) is 13.9. The lowest BCUT2D eigenvalue weighted by Gasteiger charge is -2.23. The van der Waals surface area contributed by atoms with Crippen LogP contribution >= 0.6 is 0 Å². The molecule has 126 valence electrons. The van der Waals surface area contributed by atoms with Gasteiger partial charge in [0.1, 0.15) is 0 Å². The zero-order valence-electron chi connectivity index (χ0n) is 14.2. The molecule has 1 unspecified atom stereocenters. The molecule has 1 amide bonds. The van der Waals surface area contributed by atoms with Crippen LogP contribution in [-0.4, -0.2) is 37.5 Å². The highest BCUT2D eigenvalue weighted by Crippen LogP contribution is 2.24. The van der Waals surface area contributed by atoms with Gasteiger partial charge < -0.3 is 16.0 Å². The van der Waals surface area contributed by atoms with Crippen LogP contribution in [0.25, 0.3) is 11.1 Å². The quantitative estimate of drug-likeness (QED) is 0.859. The number of carbonyl (C=O) groups excluding carboxylic acids is 1. The van der Waals surface area contributed by atoms with Crippen molar-refractivity contribution in [1.29, 1.82) is 0 Å². The molecule has 1 saturated heterocycles. The number of amides is 1. The molecule has 0 aliphatic carbocycles. The molecule has 1 aliphatic rings. The maximum absolute atomic E-state index is 11.3. The van der Waals surface area contributed by atoms with Gasteiger partial charge in [-0.3, -0.25) is 4.79 Å². The van der Waals surface area contributed by atoms with E-state index in [4.69, 9.17) is 5.73 Å². The molecule has 1 heterocycles. The van der Waals surface area contributed by atoms with Crippen LogP contribution in [0, 0.1) is 0 Å². The summed E-state index contributed by atoms with van der Waals surface area (Å²) in [6, 6.07) is 16.4. The van der Waals surface area contributed by atoms with Crippen molar-refractivity contribution in [3.8, 4) is 11.1 Å². The fourth-order valence-electron chi connectivity index (χ4n) is 3.35. The first kappa shape index (κ1) is 16.7. The molecule has 0 bridgehead atoms. The molecule has 4 nitrogen and oxygen atoms in total. The molecule has 3 rings (SSSR count). The molecular weight excluding hydrogens is 298 g/mol. The summed E-state index contributed by atoms with van der Waals surface area (Å²) in [6.07, 6.45) is 2.62. The number of carbonyl (C=O) groups is 1. The molecule has 4 heteroatoms. The lowest BCUT2D eigenvalue weighted by molar-refractivity contribution is 0.100. The molecule has 0 saturated carbocycles. The number of nitrogens with two attached hydrogens (primary N) is 1. The zero-order chi connectivity index (χ0) is 16.9. The first-order chi connectivity index (χ1) is 11.7. The van der Waals surface area contributed by atoms with E-state index < -0.39 is 5.91 Å². The van der Waals surface area contributed by atoms with Crippen molar-refractivity contribution in [2.45, 2.75) is 18.9 Å². The molecule has 1 atom stereocenters. The summed E-state index contributed by atoms with van der Waals surface area (Å²) < 4.78 is 0. The Bertz CT molecular complexity index is 690. The Hall–Kier alpha value is -2.17. The van der Waals surface area contributed by atoms with Crippen molar-refractivity contribution in [2.24, 2.45) is 5.73 Å². The van der Waals surface area contributed by atoms with E-state index in [0.717, 1.165) is 17.7 Å². The molecule has 2 aromatic carbocycles. The topological polar surface area (TPSA) is 58.4 Å². The molecule has 0 radical (unpaired) electrons. The fourth-order valence-corrected chi connectivity index (χ4v) is 3.35. The van der Waals surface area contributed by atoms with E-state index in [9.17, 15) is 4.79 Å². The van der Waals surface area contributed by atoms with Crippen molar-refractivity contribution in [1.82, 2.24) is 10.2 Å². The lowest BCUT2D eigenvalue weighted by atomic mass is 9.99. The molecular formula is C20H25N3O. The summed E-state index contributed by atoms with van der Waals surface area (Å²) in [5.74, 6) is -0.394. The highest BCUT2D eigenvalue weighted by atomic mass is 16.1. The summed E-state index contributed by atoms with van der Waals surface area (Å²) in [6.45, 7) is 3.46. The third kappa shape index (κ3) is 3.83. The van der Waals surface area contributed by atoms with Crippen LogP contribution in [-0.2, 0) is 0 Å². The molecule has 1 fully saturated rings. The van der Waals surface area contributed by atoms with Gasteiger partial charge in [0.15, 0.2) is 0 Å². The third-order valence-corrected chi connectivity index (χ3v) is 4.78. The minimum Gasteiger partial charge on any atom is -0.366 e.